The van der Waals surface area contributed by atoms with E-state index >= 15 is 0 Å². The quantitative estimate of drug-likeness (QED) is 0.564. The second kappa shape index (κ2) is 4.07. The molecule has 1 unspecified atom stereocenters. The van der Waals surface area contributed by atoms with Gasteiger partial charge in [0.2, 0.25) is 0 Å². The second-order valence-electron chi connectivity index (χ2n) is 4.04. The molecule has 1 aromatic rings. The van der Waals surface area contributed by atoms with Gasteiger partial charge >= 0.3 is 0 Å². The molecule has 1 heterocycles. The van der Waals surface area contributed by atoms with E-state index in [1.54, 1.807) is 0 Å². The van der Waals surface area contributed by atoms with Crippen LogP contribution < -0.4 is 11.3 Å². The van der Waals surface area contributed by atoms with Gasteiger partial charge in [0.05, 0.1) is 11.7 Å². The van der Waals surface area contributed by atoms with Gasteiger partial charge in [0, 0.05) is 6.20 Å². The molecule has 0 aromatic carbocycles. The molecule has 0 amide bonds. The number of pyridine rings is 1. The van der Waals surface area contributed by atoms with Gasteiger partial charge < -0.3 is 0 Å². The van der Waals surface area contributed by atoms with Crippen LogP contribution in [0.1, 0.15) is 36.6 Å². The SMILES string of the molecule is Cc1cccnc1C(NN)C1CCC1. The Bertz CT molecular complexity index is 307. The molecule has 0 saturated heterocycles. The van der Waals surface area contributed by atoms with Gasteiger partial charge in [-0.05, 0) is 37.3 Å². The third-order valence-corrected chi connectivity index (χ3v) is 3.15. The summed E-state index contributed by atoms with van der Waals surface area (Å²) < 4.78 is 0. The number of nitrogens with zero attached hydrogens (tertiary/aromatic N) is 1. The van der Waals surface area contributed by atoms with Crippen molar-refractivity contribution in [2.45, 2.75) is 32.2 Å². The van der Waals surface area contributed by atoms with Crippen LogP contribution in [0.15, 0.2) is 18.3 Å². The third-order valence-electron chi connectivity index (χ3n) is 3.15. The molecule has 0 aliphatic heterocycles. The molecule has 1 aromatic heterocycles. The molecule has 76 valence electrons. The zero-order chi connectivity index (χ0) is 9.97. The van der Waals surface area contributed by atoms with E-state index in [1.807, 2.05) is 12.3 Å². The van der Waals surface area contributed by atoms with Gasteiger partial charge in [-0.2, -0.15) is 0 Å². The Kier molecular flexibility index (Phi) is 2.79. The minimum atomic E-state index is 0.241. The Balaban J connectivity index is 2.22. The minimum Gasteiger partial charge on any atom is -0.271 e. The number of nitrogens with two attached hydrogens (primary N) is 1. The Labute approximate surface area is 84.7 Å². The predicted octanol–water partition coefficient (Wildman–Crippen LogP) is 1.69. The fourth-order valence-corrected chi connectivity index (χ4v) is 2.03. The van der Waals surface area contributed by atoms with Crippen LogP contribution in [-0.2, 0) is 0 Å². The molecule has 1 saturated carbocycles. The van der Waals surface area contributed by atoms with E-state index in [2.05, 4.69) is 23.4 Å². The summed E-state index contributed by atoms with van der Waals surface area (Å²) in [6.45, 7) is 2.09. The van der Waals surface area contributed by atoms with Crippen molar-refractivity contribution in [3.63, 3.8) is 0 Å². The van der Waals surface area contributed by atoms with Crippen molar-refractivity contribution in [3.05, 3.63) is 29.6 Å². The molecule has 0 spiro atoms. The molecular formula is C11H17N3. The first-order valence-corrected chi connectivity index (χ1v) is 5.20. The van der Waals surface area contributed by atoms with E-state index in [4.69, 9.17) is 5.84 Å². The zero-order valence-corrected chi connectivity index (χ0v) is 8.53. The van der Waals surface area contributed by atoms with Gasteiger partial charge in [0.15, 0.2) is 0 Å². The highest BCUT2D eigenvalue weighted by atomic mass is 15.2. The van der Waals surface area contributed by atoms with Crippen molar-refractivity contribution in [1.29, 1.82) is 0 Å². The van der Waals surface area contributed by atoms with E-state index in [0.29, 0.717) is 5.92 Å². The monoisotopic (exact) mass is 191 g/mol. The largest absolute Gasteiger partial charge is 0.271 e. The van der Waals surface area contributed by atoms with Crippen molar-refractivity contribution in [2.75, 3.05) is 0 Å². The number of aromatic nitrogens is 1. The zero-order valence-electron chi connectivity index (χ0n) is 8.53. The topological polar surface area (TPSA) is 50.9 Å². The smallest absolute Gasteiger partial charge is 0.0662 e. The van der Waals surface area contributed by atoms with Crippen LogP contribution in [0.2, 0.25) is 0 Å². The lowest BCUT2D eigenvalue weighted by Crippen LogP contribution is -2.37. The summed E-state index contributed by atoms with van der Waals surface area (Å²) in [4.78, 5) is 4.41. The third kappa shape index (κ3) is 1.65. The lowest BCUT2D eigenvalue weighted by molar-refractivity contribution is 0.228. The molecule has 3 N–H and O–H groups in total. The summed E-state index contributed by atoms with van der Waals surface area (Å²) in [6, 6.07) is 4.29. The molecule has 2 rings (SSSR count). The van der Waals surface area contributed by atoms with E-state index in [1.165, 1.54) is 24.8 Å². The first-order chi connectivity index (χ1) is 6.83. The Hall–Kier alpha value is -0.930. The van der Waals surface area contributed by atoms with Gasteiger partial charge in [-0.1, -0.05) is 12.5 Å². The maximum Gasteiger partial charge on any atom is 0.0662 e. The van der Waals surface area contributed by atoms with Crippen LogP contribution in [0.4, 0.5) is 0 Å². The summed E-state index contributed by atoms with van der Waals surface area (Å²) in [5, 5.41) is 0. The molecule has 0 bridgehead atoms. The maximum absolute atomic E-state index is 5.59. The van der Waals surface area contributed by atoms with Crippen LogP contribution in [0.25, 0.3) is 0 Å². The van der Waals surface area contributed by atoms with Crippen LogP contribution in [0.3, 0.4) is 0 Å². The van der Waals surface area contributed by atoms with Crippen LogP contribution in [0, 0.1) is 12.8 Å². The minimum absolute atomic E-state index is 0.241. The normalized spacial score (nSPS) is 19.0. The average Bonchev–Trinajstić information content (AvgIpc) is 2.12. The number of hydrazine groups is 1. The lowest BCUT2D eigenvalue weighted by atomic mass is 9.78. The number of nitrogens with one attached hydrogen (secondary N) is 1. The number of rotatable bonds is 3. The van der Waals surface area contributed by atoms with Crippen LogP contribution >= 0.6 is 0 Å². The molecule has 1 atom stereocenters. The molecule has 0 radical (unpaired) electrons. The van der Waals surface area contributed by atoms with Gasteiger partial charge in [0.1, 0.15) is 0 Å². The number of aryl methyl sites for hydroxylation is 1. The molecular weight excluding hydrogens is 174 g/mol. The van der Waals surface area contributed by atoms with Gasteiger partial charge in [0.25, 0.3) is 0 Å². The van der Waals surface area contributed by atoms with Crippen molar-refractivity contribution in [3.8, 4) is 0 Å². The Morgan fingerprint density at radius 3 is 2.86 bits per heavy atom. The van der Waals surface area contributed by atoms with Crippen molar-refractivity contribution >= 4 is 0 Å². The number of hydrogen-bond acceptors (Lipinski definition) is 3. The average molecular weight is 191 g/mol. The van der Waals surface area contributed by atoms with E-state index in [0.717, 1.165) is 5.69 Å². The number of hydrogen-bond donors (Lipinski definition) is 2. The molecule has 3 nitrogen and oxygen atoms in total. The van der Waals surface area contributed by atoms with E-state index in [9.17, 15) is 0 Å². The highest BCUT2D eigenvalue weighted by Crippen LogP contribution is 2.37. The first-order valence-electron chi connectivity index (χ1n) is 5.20. The van der Waals surface area contributed by atoms with Crippen molar-refractivity contribution in [1.82, 2.24) is 10.4 Å². The van der Waals surface area contributed by atoms with Crippen molar-refractivity contribution < 1.29 is 0 Å². The highest BCUT2D eigenvalue weighted by Gasteiger charge is 2.29. The summed E-state index contributed by atoms with van der Waals surface area (Å²) in [6.07, 6.45) is 5.70. The first kappa shape index (κ1) is 9.62. The lowest BCUT2D eigenvalue weighted by Gasteiger charge is -2.33. The van der Waals surface area contributed by atoms with Crippen LogP contribution in [0.5, 0.6) is 0 Å². The fourth-order valence-electron chi connectivity index (χ4n) is 2.03. The second-order valence-corrected chi connectivity index (χ2v) is 4.04. The standard InChI is InChI=1S/C11H17N3/c1-8-4-3-7-13-10(8)11(14-12)9-5-2-6-9/h3-4,7,9,11,14H,2,5-6,12H2,1H3. The van der Waals surface area contributed by atoms with Gasteiger partial charge in [-0.3, -0.25) is 16.3 Å². The fraction of sp³-hybridized carbons (Fsp3) is 0.545. The molecule has 14 heavy (non-hydrogen) atoms. The summed E-state index contributed by atoms with van der Waals surface area (Å²) in [7, 11) is 0. The maximum atomic E-state index is 5.59. The highest BCUT2D eigenvalue weighted by molar-refractivity contribution is 5.22. The Morgan fingerprint density at radius 2 is 2.36 bits per heavy atom. The van der Waals surface area contributed by atoms with Gasteiger partial charge in [-0.15, -0.1) is 0 Å². The van der Waals surface area contributed by atoms with Gasteiger partial charge in [-0.25, -0.2) is 0 Å². The predicted molar refractivity (Wildman–Crippen MR) is 56.4 cm³/mol. The molecule has 1 aliphatic carbocycles. The van der Waals surface area contributed by atoms with E-state index in [-0.39, 0.29) is 6.04 Å². The summed E-state index contributed by atoms with van der Waals surface area (Å²) in [5.41, 5.74) is 5.23. The Morgan fingerprint density at radius 1 is 1.57 bits per heavy atom. The molecule has 3 heteroatoms. The summed E-state index contributed by atoms with van der Waals surface area (Å²) >= 11 is 0. The molecule has 1 fully saturated rings. The molecule has 1 aliphatic rings. The van der Waals surface area contributed by atoms with Crippen LogP contribution in [-0.4, -0.2) is 4.98 Å². The van der Waals surface area contributed by atoms with Crippen molar-refractivity contribution in [2.24, 2.45) is 11.8 Å². The summed E-state index contributed by atoms with van der Waals surface area (Å²) in [5.74, 6) is 6.27. The van der Waals surface area contributed by atoms with E-state index < -0.39 is 0 Å².